The van der Waals surface area contributed by atoms with E-state index < -0.39 is 5.97 Å². The number of nitrogens with zero attached hydrogens (tertiary/aromatic N) is 1. The molecule has 2 saturated carbocycles. The molecule has 0 saturated heterocycles. The van der Waals surface area contributed by atoms with Gasteiger partial charge in [-0.3, -0.25) is 9.59 Å². The Bertz CT molecular complexity index is 938. The van der Waals surface area contributed by atoms with Crippen molar-refractivity contribution >= 4 is 22.6 Å². The third-order valence-corrected chi connectivity index (χ3v) is 6.05. The number of carbonyl (C=O) groups is 2. The van der Waals surface area contributed by atoms with Crippen molar-refractivity contribution in [3.8, 4) is 0 Å². The standard InChI is InChI=1S/C20H23N3O4/c1-11(16-9-12-6-7-13(16)8-12)21-17(24)10-27-20(26)18-14-4-2-3-5-15(14)19(25)23-22-18/h2-5,11-13,16H,6-10H2,1H3,(H,21,24)(H,23,25). The lowest BCUT2D eigenvalue weighted by Crippen LogP contribution is -2.42. The number of ether oxygens (including phenoxy) is 1. The number of esters is 1. The first kappa shape index (κ1) is 17.7. The maximum absolute atomic E-state index is 12.3. The second-order valence-electron chi connectivity index (χ2n) is 7.72. The van der Waals surface area contributed by atoms with E-state index in [9.17, 15) is 14.4 Å². The van der Waals surface area contributed by atoms with Crippen molar-refractivity contribution < 1.29 is 14.3 Å². The van der Waals surface area contributed by atoms with Crippen LogP contribution in [0, 0.1) is 17.8 Å². The summed E-state index contributed by atoms with van der Waals surface area (Å²) in [6.45, 7) is 1.67. The van der Waals surface area contributed by atoms with E-state index in [0.717, 1.165) is 5.92 Å². The van der Waals surface area contributed by atoms with Gasteiger partial charge in [0.25, 0.3) is 11.5 Å². The number of hydrogen-bond acceptors (Lipinski definition) is 5. The molecule has 4 atom stereocenters. The second-order valence-corrected chi connectivity index (χ2v) is 7.72. The van der Waals surface area contributed by atoms with Gasteiger partial charge in [0.2, 0.25) is 0 Å². The van der Waals surface area contributed by atoms with Gasteiger partial charge in [-0.05, 0) is 50.0 Å². The molecule has 27 heavy (non-hydrogen) atoms. The van der Waals surface area contributed by atoms with Crippen LogP contribution in [0.15, 0.2) is 29.1 Å². The Labute approximate surface area is 156 Å². The third kappa shape index (κ3) is 3.46. The quantitative estimate of drug-likeness (QED) is 0.785. The van der Waals surface area contributed by atoms with Crippen molar-refractivity contribution in [3.63, 3.8) is 0 Å². The average molecular weight is 369 g/mol. The van der Waals surface area contributed by atoms with Crippen molar-refractivity contribution in [1.82, 2.24) is 15.5 Å². The number of benzene rings is 1. The van der Waals surface area contributed by atoms with E-state index in [2.05, 4.69) is 15.5 Å². The second kappa shape index (κ2) is 7.13. The molecule has 0 radical (unpaired) electrons. The molecule has 2 aliphatic carbocycles. The normalized spacial score (nSPS) is 24.7. The minimum Gasteiger partial charge on any atom is -0.451 e. The van der Waals surface area contributed by atoms with Crippen LogP contribution in [0.1, 0.15) is 43.1 Å². The number of nitrogens with one attached hydrogen (secondary N) is 2. The summed E-state index contributed by atoms with van der Waals surface area (Å²) >= 11 is 0. The van der Waals surface area contributed by atoms with Gasteiger partial charge < -0.3 is 10.1 Å². The summed E-state index contributed by atoms with van der Waals surface area (Å²) in [4.78, 5) is 36.3. The molecule has 0 aliphatic heterocycles. The molecule has 142 valence electrons. The first-order valence-electron chi connectivity index (χ1n) is 9.47. The molecule has 7 heteroatoms. The van der Waals surface area contributed by atoms with Gasteiger partial charge in [-0.25, -0.2) is 9.89 Å². The molecule has 1 heterocycles. The summed E-state index contributed by atoms with van der Waals surface area (Å²) < 4.78 is 5.13. The molecule has 1 aromatic carbocycles. The lowest BCUT2D eigenvalue weighted by molar-refractivity contribution is -0.125. The molecule has 7 nitrogen and oxygen atoms in total. The maximum Gasteiger partial charge on any atom is 0.359 e. The van der Waals surface area contributed by atoms with E-state index in [4.69, 9.17) is 4.74 Å². The Kier molecular flexibility index (Phi) is 4.68. The summed E-state index contributed by atoms with van der Waals surface area (Å²) in [7, 11) is 0. The zero-order chi connectivity index (χ0) is 19.0. The lowest BCUT2D eigenvalue weighted by Gasteiger charge is -2.28. The number of hydrogen-bond donors (Lipinski definition) is 2. The molecule has 2 N–H and O–H groups in total. The Morgan fingerprint density at radius 2 is 2.04 bits per heavy atom. The van der Waals surface area contributed by atoms with Crippen LogP contribution in [0.2, 0.25) is 0 Å². The molecule has 0 spiro atoms. The fourth-order valence-electron chi connectivity index (χ4n) is 4.78. The number of fused-ring (bicyclic) bond motifs is 3. The molecule has 4 rings (SSSR count). The molecule has 2 fully saturated rings. The minimum atomic E-state index is -0.731. The Morgan fingerprint density at radius 1 is 1.26 bits per heavy atom. The van der Waals surface area contributed by atoms with Gasteiger partial charge in [-0.15, -0.1) is 0 Å². The van der Waals surface area contributed by atoms with Crippen molar-refractivity contribution in [2.24, 2.45) is 17.8 Å². The van der Waals surface area contributed by atoms with Gasteiger partial charge in [-0.1, -0.05) is 24.6 Å². The highest BCUT2D eigenvalue weighted by Crippen LogP contribution is 2.49. The largest absolute Gasteiger partial charge is 0.451 e. The highest BCUT2D eigenvalue weighted by Gasteiger charge is 2.42. The number of rotatable bonds is 5. The molecule has 2 bridgehead atoms. The lowest BCUT2D eigenvalue weighted by atomic mass is 9.84. The van der Waals surface area contributed by atoms with E-state index in [-0.39, 0.29) is 29.8 Å². The molecular weight excluding hydrogens is 346 g/mol. The molecule has 4 unspecified atom stereocenters. The Morgan fingerprint density at radius 3 is 2.74 bits per heavy atom. The van der Waals surface area contributed by atoms with Crippen LogP contribution >= 0.6 is 0 Å². The van der Waals surface area contributed by atoms with Gasteiger partial charge in [0.15, 0.2) is 12.3 Å². The fourth-order valence-corrected chi connectivity index (χ4v) is 4.78. The van der Waals surface area contributed by atoms with Crippen LogP contribution in [-0.2, 0) is 9.53 Å². The summed E-state index contributed by atoms with van der Waals surface area (Å²) in [5.41, 5.74) is -0.376. The summed E-state index contributed by atoms with van der Waals surface area (Å²) in [6, 6.07) is 6.74. The summed E-state index contributed by atoms with van der Waals surface area (Å²) in [5, 5.41) is 9.80. The van der Waals surface area contributed by atoms with Crippen molar-refractivity contribution in [2.75, 3.05) is 6.61 Å². The van der Waals surface area contributed by atoms with Crippen molar-refractivity contribution in [2.45, 2.75) is 38.6 Å². The smallest absolute Gasteiger partial charge is 0.359 e. The van der Waals surface area contributed by atoms with Gasteiger partial charge in [0.1, 0.15) is 0 Å². The molecule has 1 aromatic heterocycles. The van der Waals surface area contributed by atoms with Crippen LogP contribution in [0.5, 0.6) is 0 Å². The first-order valence-corrected chi connectivity index (χ1v) is 9.47. The molecule has 2 aromatic rings. The highest BCUT2D eigenvalue weighted by molar-refractivity contribution is 6.02. The predicted octanol–water partition coefficient (Wildman–Crippen LogP) is 2.02. The highest BCUT2D eigenvalue weighted by atomic mass is 16.5. The number of H-pyrrole nitrogens is 1. The summed E-state index contributed by atoms with van der Waals surface area (Å²) in [5.74, 6) is 1.01. The SMILES string of the molecule is CC(NC(=O)COC(=O)c1n[nH]c(=O)c2ccccc12)C1CC2CCC1C2. The van der Waals surface area contributed by atoms with Crippen LogP contribution in [0.4, 0.5) is 0 Å². The zero-order valence-corrected chi connectivity index (χ0v) is 15.2. The third-order valence-electron chi connectivity index (χ3n) is 6.05. The maximum atomic E-state index is 12.3. The van der Waals surface area contributed by atoms with E-state index in [1.54, 1.807) is 24.3 Å². The van der Waals surface area contributed by atoms with Crippen LogP contribution in [0.3, 0.4) is 0 Å². The van der Waals surface area contributed by atoms with Crippen molar-refractivity contribution in [1.29, 1.82) is 0 Å². The van der Waals surface area contributed by atoms with E-state index in [1.807, 2.05) is 6.92 Å². The molecule has 2 aliphatic rings. The van der Waals surface area contributed by atoms with Crippen LogP contribution in [0.25, 0.3) is 10.8 Å². The van der Waals surface area contributed by atoms with Crippen LogP contribution in [-0.4, -0.2) is 34.7 Å². The Balaban J connectivity index is 1.36. The minimum absolute atomic E-state index is 0.000786. The van der Waals surface area contributed by atoms with E-state index in [0.29, 0.717) is 22.6 Å². The fraction of sp³-hybridized carbons (Fsp3) is 0.500. The monoisotopic (exact) mass is 369 g/mol. The predicted molar refractivity (Wildman–Crippen MR) is 99.2 cm³/mol. The van der Waals surface area contributed by atoms with Gasteiger partial charge in [0.05, 0.1) is 5.39 Å². The van der Waals surface area contributed by atoms with Gasteiger partial charge in [0, 0.05) is 11.4 Å². The van der Waals surface area contributed by atoms with Gasteiger partial charge in [-0.2, -0.15) is 5.10 Å². The summed E-state index contributed by atoms with van der Waals surface area (Å²) in [6.07, 6.45) is 5.04. The first-order chi connectivity index (χ1) is 13.0. The van der Waals surface area contributed by atoms with E-state index >= 15 is 0 Å². The van der Waals surface area contributed by atoms with Gasteiger partial charge >= 0.3 is 5.97 Å². The number of carbonyl (C=O) groups excluding carboxylic acids is 2. The number of amides is 1. The number of aromatic nitrogens is 2. The number of aromatic amines is 1. The Hall–Kier alpha value is -2.70. The topological polar surface area (TPSA) is 101 Å². The zero-order valence-electron chi connectivity index (χ0n) is 15.2. The average Bonchev–Trinajstić information content (AvgIpc) is 3.30. The van der Waals surface area contributed by atoms with Crippen LogP contribution < -0.4 is 10.9 Å². The van der Waals surface area contributed by atoms with E-state index in [1.165, 1.54) is 25.7 Å². The molecular formula is C20H23N3O4. The molecule has 1 amide bonds. The van der Waals surface area contributed by atoms with Crippen molar-refractivity contribution in [3.05, 3.63) is 40.3 Å².